The van der Waals surface area contributed by atoms with Crippen LogP contribution in [0.15, 0.2) is 47.7 Å². The van der Waals surface area contributed by atoms with Crippen LogP contribution in [0.2, 0.25) is 0 Å². The molecule has 0 saturated carbocycles. The number of nitrogens with one attached hydrogen (secondary N) is 4. The second-order valence-corrected chi connectivity index (χ2v) is 10.9. The number of rotatable bonds is 13. The maximum Gasteiger partial charge on any atom is 0.326 e. The summed E-state index contributed by atoms with van der Waals surface area (Å²) in [6.07, 6.45) is 2.65. The second kappa shape index (κ2) is 14.4. The number of benzene rings is 2. The van der Waals surface area contributed by atoms with Crippen molar-refractivity contribution in [3.05, 3.63) is 70.5 Å². The molecule has 0 saturated heterocycles. The van der Waals surface area contributed by atoms with E-state index in [1.165, 1.54) is 0 Å². The largest absolute Gasteiger partial charge is 0.480 e. The summed E-state index contributed by atoms with van der Waals surface area (Å²) in [7, 11) is 1.72. The molecule has 2 aromatic carbocycles. The van der Waals surface area contributed by atoms with Crippen LogP contribution < -0.4 is 49.4 Å². The average molecular weight is 657 g/mol. The number of amidine groups is 1. The Morgan fingerprint density at radius 2 is 1.88 bits per heavy atom. The van der Waals surface area contributed by atoms with Crippen molar-refractivity contribution in [2.24, 2.45) is 16.7 Å². The average Bonchev–Trinajstić information content (AvgIpc) is 3.47. The van der Waals surface area contributed by atoms with Gasteiger partial charge in [0, 0.05) is 42.6 Å². The van der Waals surface area contributed by atoms with E-state index in [-0.39, 0.29) is 42.6 Å². The zero-order chi connectivity index (χ0) is 34.4. The molecule has 250 valence electrons. The van der Waals surface area contributed by atoms with E-state index < -0.39 is 23.8 Å². The van der Waals surface area contributed by atoms with Crippen molar-refractivity contribution in [1.29, 1.82) is 0 Å². The van der Waals surface area contributed by atoms with Crippen molar-refractivity contribution in [3.8, 4) is 0 Å². The third-order valence-electron chi connectivity index (χ3n) is 7.76. The molecular formula is C30H36N14O4. The number of hydrazine groups is 1. The fourth-order valence-electron chi connectivity index (χ4n) is 5.37. The van der Waals surface area contributed by atoms with Gasteiger partial charge >= 0.3 is 5.97 Å². The quantitative estimate of drug-likeness (QED) is 0.0292. The standard InChI is InChI=1S/C30H36N14O4/c1-35-17-5-6-19(20(12-17)24(31)42-43-34)28(46)36-9-2-3-21(29(47)48)39-27(45)16-4-7-22-15(11-16)8-10-44(22)14-18-13-37-26-23(38-18)25(32)40-30(33)41-26/h4-7,11-13,21,35,43H,2-3,8-10,14,34H2,1H3,(H2,31,42)(H,36,46)(H,39,45)(H,47,48)(H4,32,33,37,40,41). The van der Waals surface area contributed by atoms with Gasteiger partial charge in [0.2, 0.25) is 5.95 Å². The first-order chi connectivity index (χ1) is 23.1. The summed E-state index contributed by atoms with van der Waals surface area (Å²) < 4.78 is 0. The number of carboxylic acids is 1. The Balaban J connectivity index is 1.17. The lowest BCUT2D eigenvalue weighted by atomic mass is 10.0. The number of nitrogen functional groups attached to an aromatic ring is 2. The molecule has 2 amide bonds. The van der Waals surface area contributed by atoms with Crippen LogP contribution in [0.1, 0.15) is 50.4 Å². The van der Waals surface area contributed by atoms with E-state index in [0.29, 0.717) is 53.2 Å². The number of carboxylic acid groups (broad SMARTS) is 1. The van der Waals surface area contributed by atoms with Gasteiger partial charge < -0.3 is 43.2 Å². The first kappa shape index (κ1) is 33.1. The maximum absolute atomic E-state index is 13.1. The predicted molar refractivity (Wildman–Crippen MR) is 180 cm³/mol. The first-order valence-corrected chi connectivity index (χ1v) is 14.9. The number of hydrogen-bond donors (Lipinski definition) is 9. The molecule has 1 aliphatic rings. The fourth-order valence-corrected chi connectivity index (χ4v) is 5.37. The summed E-state index contributed by atoms with van der Waals surface area (Å²) in [5, 5.41) is 21.9. The second-order valence-electron chi connectivity index (χ2n) is 10.9. The van der Waals surface area contributed by atoms with E-state index in [1.807, 2.05) is 6.07 Å². The summed E-state index contributed by atoms with van der Waals surface area (Å²) in [4.78, 5) is 57.0. The minimum Gasteiger partial charge on any atom is -0.480 e. The van der Waals surface area contributed by atoms with Crippen molar-refractivity contribution in [2.75, 3.05) is 41.8 Å². The molecular weight excluding hydrogens is 620 g/mol. The molecule has 1 aliphatic heterocycles. The molecule has 0 fully saturated rings. The molecule has 13 N–H and O–H groups in total. The maximum atomic E-state index is 13.1. The zero-order valence-electron chi connectivity index (χ0n) is 26.0. The number of carbonyl (C=O) groups is 3. The van der Waals surface area contributed by atoms with Crippen molar-refractivity contribution in [3.63, 3.8) is 0 Å². The van der Waals surface area contributed by atoms with Crippen molar-refractivity contribution in [1.82, 2.24) is 36.1 Å². The summed E-state index contributed by atoms with van der Waals surface area (Å²) in [5.74, 6) is 3.29. The van der Waals surface area contributed by atoms with E-state index in [9.17, 15) is 19.5 Å². The van der Waals surface area contributed by atoms with Crippen LogP contribution in [-0.4, -0.2) is 74.8 Å². The van der Waals surface area contributed by atoms with Crippen LogP contribution in [0.5, 0.6) is 0 Å². The summed E-state index contributed by atoms with van der Waals surface area (Å²) in [6.45, 7) is 1.28. The number of amides is 2. The molecule has 48 heavy (non-hydrogen) atoms. The lowest BCUT2D eigenvalue weighted by Crippen LogP contribution is -2.41. The van der Waals surface area contributed by atoms with E-state index in [4.69, 9.17) is 23.0 Å². The van der Waals surface area contributed by atoms with E-state index in [0.717, 1.165) is 11.3 Å². The molecule has 0 spiro atoms. The highest BCUT2D eigenvalue weighted by atomic mass is 16.4. The lowest BCUT2D eigenvalue weighted by molar-refractivity contribution is -0.139. The smallest absolute Gasteiger partial charge is 0.326 e. The van der Waals surface area contributed by atoms with Gasteiger partial charge in [-0.05, 0) is 61.2 Å². The van der Waals surface area contributed by atoms with Crippen molar-refractivity contribution in [2.45, 2.75) is 31.8 Å². The Labute approximate surface area is 274 Å². The van der Waals surface area contributed by atoms with Crippen LogP contribution in [-0.2, 0) is 17.8 Å². The van der Waals surface area contributed by atoms with E-state index in [1.54, 1.807) is 43.6 Å². The summed E-state index contributed by atoms with van der Waals surface area (Å²) in [6, 6.07) is 9.02. The van der Waals surface area contributed by atoms with Gasteiger partial charge in [-0.3, -0.25) is 9.59 Å². The van der Waals surface area contributed by atoms with Gasteiger partial charge in [-0.1, -0.05) is 0 Å². The minimum atomic E-state index is -1.18. The van der Waals surface area contributed by atoms with Gasteiger partial charge in [-0.25, -0.2) is 26.1 Å². The number of hydrogen-bond acceptors (Lipinski definition) is 14. The fraction of sp³-hybridized carbons (Fsp3) is 0.267. The molecule has 3 heterocycles. The number of carbonyl (C=O) groups excluding carboxylic acids is 2. The number of anilines is 4. The molecule has 2 aromatic heterocycles. The Bertz CT molecular complexity index is 1900. The highest BCUT2D eigenvalue weighted by molar-refractivity contribution is 6.09. The van der Waals surface area contributed by atoms with Gasteiger partial charge in [0.1, 0.15) is 6.04 Å². The molecule has 18 nitrogen and oxygen atoms in total. The van der Waals surface area contributed by atoms with E-state index >= 15 is 0 Å². The van der Waals surface area contributed by atoms with Gasteiger partial charge in [0.05, 0.1) is 24.0 Å². The zero-order valence-corrected chi connectivity index (χ0v) is 26.0. The molecule has 0 aliphatic carbocycles. The Hall–Kier alpha value is -6.30. The summed E-state index contributed by atoms with van der Waals surface area (Å²) >= 11 is 0. The minimum absolute atomic E-state index is 0.0133. The molecule has 1 unspecified atom stereocenters. The number of aromatic nitrogens is 4. The highest BCUT2D eigenvalue weighted by Crippen LogP contribution is 2.30. The van der Waals surface area contributed by atoms with E-state index in [2.05, 4.69) is 51.4 Å². The number of nitrogens with two attached hydrogens (primary N) is 4. The van der Waals surface area contributed by atoms with Crippen LogP contribution in [0.4, 0.5) is 23.1 Å². The van der Waals surface area contributed by atoms with Gasteiger partial charge in [-0.15, -0.1) is 5.10 Å². The van der Waals surface area contributed by atoms with Crippen LogP contribution in [0, 0.1) is 0 Å². The molecule has 0 bridgehead atoms. The molecule has 5 rings (SSSR count). The third kappa shape index (κ3) is 7.39. The van der Waals surface area contributed by atoms with Gasteiger partial charge in [0.25, 0.3) is 11.8 Å². The Morgan fingerprint density at radius 3 is 2.62 bits per heavy atom. The summed E-state index contributed by atoms with van der Waals surface area (Å²) in [5.41, 5.74) is 24.5. The van der Waals surface area contributed by atoms with Crippen LogP contribution >= 0.6 is 0 Å². The third-order valence-corrected chi connectivity index (χ3v) is 7.76. The van der Waals surface area contributed by atoms with Crippen molar-refractivity contribution < 1.29 is 19.5 Å². The Kier molecular flexibility index (Phi) is 9.94. The van der Waals surface area contributed by atoms with Crippen LogP contribution in [0.3, 0.4) is 0 Å². The SMILES string of the molecule is CNc1ccc(C(=O)NCCCC(NC(=O)c2ccc3c(c2)CCN3Cc2cnc3nc(N)nc(N)c3n2)C(=O)O)c(/C(N)=N/NN)c1. The molecule has 4 aromatic rings. The highest BCUT2D eigenvalue weighted by Gasteiger charge is 2.25. The number of hydrazone groups is 1. The molecule has 1 atom stereocenters. The Morgan fingerprint density at radius 1 is 1.06 bits per heavy atom. The predicted octanol–water partition coefficient (Wildman–Crippen LogP) is -0.335. The lowest BCUT2D eigenvalue weighted by Gasteiger charge is -2.19. The monoisotopic (exact) mass is 656 g/mol. The number of nitrogens with zero attached hydrogens (tertiary/aromatic N) is 6. The number of fused-ring (bicyclic) bond motifs is 2. The molecule has 0 radical (unpaired) electrons. The topological polar surface area (TPSA) is 291 Å². The number of aliphatic carboxylic acids is 1. The van der Waals surface area contributed by atoms with Crippen LogP contribution in [0.25, 0.3) is 11.2 Å². The molecule has 18 heteroatoms. The first-order valence-electron chi connectivity index (χ1n) is 14.9. The van der Waals surface area contributed by atoms with Crippen molar-refractivity contribution >= 4 is 57.9 Å². The van der Waals surface area contributed by atoms with Gasteiger partial charge in [-0.2, -0.15) is 9.97 Å². The van der Waals surface area contributed by atoms with Gasteiger partial charge in [0.15, 0.2) is 22.8 Å². The normalized spacial score (nSPS) is 13.1.